The number of rotatable bonds is 1. The van der Waals surface area contributed by atoms with Crippen LogP contribution in [0, 0.1) is 13.8 Å². The Morgan fingerprint density at radius 1 is 1.41 bits per heavy atom. The van der Waals surface area contributed by atoms with Crippen LogP contribution in [0.1, 0.15) is 41.1 Å². The topological polar surface area (TPSA) is 33.5 Å². The molecular weight excluding hydrogens is 214 g/mol. The van der Waals surface area contributed by atoms with Crippen molar-refractivity contribution in [3.05, 3.63) is 35.3 Å². The van der Waals surface area contributed by atoms with E-state index in [-0.39, 0.29) is 5.91 Å². The zero-order valence-electron chi connectivity index (χ0n) is 10.3. The maximum absolute atomic E-state index is 12.5. The molecule has 3 heteroatoms. The fourth-order valence-corrected chi connectivity index (χ4v) is 3.02. The number of carbonyl (C=O) groups excluding carboxylic acids is 1. The summed E-state index contributed by atoms with van der Waals surface area (Å²) < 4.78 is 5.45. The van der Waals surface area contributed by atoms with E-state index in [1.54, 1.807) is 0 Å². The van der Waals surface area contributed by atoms with E-state index in [2.05, 4.69) is 12.2 Å². The molecule has 0 N–H and O–H groups in total. The lowest BCUT2D eigenvalue weighted by Crippen LogP contribution is -2.42. The summed E-state index contributed by atoms with van der Waals surface area (Å²) in [6.45, 7) is 3.75. The molecule has 3 nitrogen and oxygen atoms in total. The van der Waals surface area contributed by atoms with Gasteiger partial charge in [0.05, 0.1) is 11.6 Å². The van der Waals surface area contributed by atoms with Gasteiger partial charge >= 0.3 is 0 Å². The van der Waals surface area contributed by atoms with Gasteiger partial charge in [0.25, 0.3) is 5.91 Å². The molecule has 3 heterocycles. The minimum Gasteiger partial charge on any atom is -0.466 e. The molecule has 3 rings (SSSR count). The minimum atomic E-state index is 0.135. The molecule has 0 saturated carbocycles. The Morgan fingerprint density at radius 3 is 2.88 bits per heavy atom. The smallest absolute Gasteiger partial charge is 0.258 e. The second-order valence-electron chi connectivity index (χ2n) is 5.00. The van der Waals surface area contributed by atoms with Crippen LogP contribution in [-0.4, -0.2) is 22.9 Å². The fourth-order valence-electron chi connectivity index (χ4n) is 3.02. The van der Waals surface area contributed by atoms with E-state index in [4.69, 9.17) is 4.42 Å². The molecule has 0 aromatic carbocycles. The molecule has 0 radical (unpaired) electrons. The Bertz CT molecular complexity index is 486. The molecule has 1 aromatic rings. The van der Waals surface area contributed by atoms with Crippen molar-refractivity contribution in [1.82, 2.24) is 4.90 Å². The summed E-state index contributed by atoms with van der Waals surface area (Å²) in [4.78, 5) is 14.6. The van der Waals surface area contributed by atoms with Crippen molar-refractivity contribution in [1.29, 1.82) is 0 Å². The first-order chi connectivity index (χ1) is 8.16. The molecule has 2 aliphatic heterocycles. The van der Waals surface area contributed by atoms with Crippen LogP contribution in [0.3, 0.4) is 0 Å². The first kappa shape index (κ1) is 10.6. The van der Waals surface area contributed by atoms with Gasteiger partial charge in [0, 0.05) is 6.04 Å². The van der Waals surface area contributed by atoms with Gasteiger partial charge in [-0.2, -0.15) is 0 Å². The summed E-state index contributed by atoms with van der Waals surface area (Å²) in [7, 11) is 0. The van der Waals surface area contributed by atoms with Gasteiger partial charge in [-0.05, 0) is 39.2 Å². The highest BCUT2D eigenvalue weighted by atomic mass is 16.3. The van der Waals surface area contributed by atoms with E-state index in [1.807, 2.05) is 24.8 Å². The zero-order valence-corrected chi connectivity index (χ0v) is 10.3. The molecule has 1 aromatic heterocycles. The van der Waals surface area contributed by atoms with E-state index in [0.717, 1.165) is 36.3 Å². The number of furan rings is 1. The third-order valence-electron chi connectivity index (χ3n) is 3.82. The Labute approximate surface area is 101 Å². The highest BCUT2D eigenvalue weighted by molar-refractivity contribution is 5.96. The van der Waals surface area contributed by atoms with Gasteiger partial charge in [0.15, 0.2) is 0 Å². The molecule has 2 aliphatic rings. The maximum Gasteiger partial charge on any atom is 0.258 e. The fraction of sp³-hybridized carbons (Fsp3) is 0.500. The summed E-state index contributed by atoms with van der Waals surface area (Å²) in [5, 5.41) is 0. The average molecular weight is 231 g/mol. The van der Waals surface area contributed by atoms with Crippen LogP contribution in [0.4, 0.5) is 0 Å². The lowest BCUT2D eigenvalue weighted by atomic mass is 10.1. The van der Waals surface area contributed by atoms with Crippen LogP contribution in [0.2, 0.25) is 0 Å². The normalized spacial score (nSPS) is 26.6. The maximum atomic E-state index is 12.5. The Hall–Kier alpha value is -1.51. The molecule has 1 saturated heterocycles. The summed E-state index contributed by atoms with van der Waals surface area (Å²) in [6, 6.07) is 2.55. The van der Waals surface area contributed by atoms with Crippen LogP contribution in [-0.2, 0) is 0 Å². The molecule has 90 valence electrons. The van der Waals surface area contributed by atoms with Gasteiger partial charge in [-0.25, -0.2) is 0 Å². The molecule has 2 bridgehead atoms. The van der Waals surface area contributed by atoms with Crippen LogP contribution in [0.25, 0.3) is 0 Å². The SMILES string of the molecule is Cc1cc(C(=O)N2C3C=CCC2CC3)c(C)o1. The van der Waals surface area contributed by atoms with Crippen molar-refractivity contribution in [3.8, 4) is 0 Å². The van der Waals surface area contributed by atoms with E-state index < -0.39 is 0 Å². The molecule has 1 amide bonds. The standard InChI is InChI=1S/C14H17NO2/c1-9-8-13(10(2)17-9)14(16)15-11-4-3-5-12(15)7-6-11/h3-4,8,11-12H,5-7H2,1-2H3. The lowest BCUT2D eigenvalue weighted by Gasteiger charge is -2.31. The van der Waals surface area contributed by atoms with Gasteiger partial charge < -0.3 is 9.32 Å². The quantitative estimate of drug-likeness (QED) is 0.696. The van der Waals surface area contributed by atoms with E-state index in [0.29, 0.717) is 12.1 Å². The Balaban J connectivity index is 1.93. The predicted octanol–water partition coefficient (Wildman–Crippen LogP) is 2.83. The minimum absolute atomic E-state index is 0.135. The lowest BCUT2D eigenvalue weighted by molar-refractivity contribution is 0.0687. The van der Waals surface area contributed by atoms with Crippen LogP contribution < -0.4 is 0 Å². The highest BCUT2D eigenvalue weighted by Crippen LogP contribution is 2.33. The van der Waals surface area contributed by atoms with Gasteiger partial charge in [-0.15, -0.1) is 0 Å². The van der Waals surface area contributed by atoms with E-state index in [1.165, 1.54) is 0 Å². The van der Waals surface area contributed by atoms with Crippen molar-refractivity contribution < 1.29 is 9.21 Å². The Morgan fingerprint density at radius 2 is 2.24 bits per heavy atom. The number of carbonyl (C=O) groups is 1. The molecule has 0 aliphatic carbocycles. The number of fused-ring (bicyclic) bond motifs is 2. The van der Waals surface area contributed by atoms with Gasteiger partial charge in [0.2, 0.25) is 0 Å². The first-order valence-corrected chi connectivity index (χ1v) is 6.23. The van der Waals surface area contributed by atoms with Crippen molar-refractivity contribution in [2.45, 2.75) is 45.2 Å². The summed E-state index contributed by atoms with van der Waals surface area (Å²) in [6.07, 6.45) is 7.60. The Kier molecular flexibility index (Phi) is 2.35. The number of hydrogen-bond donors (Lipinski definition) is 0. The molecule has 2 unspecified atom stereocenters. The zero-order chi connectivity index (χ0) is 12.0. The molecule has 2 atom stereocenters. The second kappa shape index (κ2) is 3.76. The third kappa shape index (κ3) is 1.61. The predicted molar refractivity (Wildman–Crippen MR) is 64.9 cm³/mol. The van der Waals surface area contributed by atoms with Gasteiger partial charge in [-0.1, -0.05) is 12.2 Å². The van der Waals surface area contributed by atoms with Crippen molar-refractivity contribution in [3.63, 3.8) is 0 Å². The number of aryl methyl sites for hydroxylation is 2. The number of hydrogen-bond acceptors (Lipinski definition) is 2. The van der Waals surface area contributed by atoms with Crippen LogP contribution in [0.15, 0.2) is 22.6 Å². The van der Waals surface area contributed by atoms with Crippen molar-refractivity contribution in [2.24, 2.45) is 0 Å². The largest absolute Gasteiger partial charge is 0.466 e. The molecule has 17 heavy (non-hydrogen) atoms. The van der Waals surface area contributed by atoms with Crippen LogP contribution in [0.5, 0.6) is 0 Å². The third-order valence-corrected chi connectivity index (χ3v) is 3.82. The summed E-state index contributed by atoms with van der Waals surface area (Å²) >= 11 is 0. The number of amides is 1. The second-order valence-corrected chi connectivity index (χ2v) is 5.00. The highest BCUT2D eigenvalue weighted by Gasteiger charge is 2.38. The monoisotopic (exact) mass is 231 g/mol. The molecule has 0 spiro atoms. The van der Waals surface area contributed by atoms with Crippen LogP contribution >= 0.6 is 0 Å². The molecule has 1 fully saturated rings. The average Bonchev–Trinajstić information content (AvgIpc) is 2.75. The van der Waals surface area contributed by atoms with Crippen molar-refractivity contribution >= 4 is 5.91 Å². The van der Waals surface area contributed by atoms with Crippen molar-refractivity contribution in [2.75, 3.05) is 0 Å². The van der Waals surface area contributed by atoms with E-state index >= 15 is 0 Å². The summed E-state index contributed by atoms with van der Waals surface area (Å²) in [5.41, 5.74) is 0.731. The van der Waals surface area contributed by atoms with Gasteiger partial charge in [0.1, 0.15) is 11.5 Å². The number of nitrogens with zero attached hydrogens (tertiary/aromatic N) is 1. The van der Waals surface area contributed by atoms with E-state index in [9.17, 15) is 4.79 Å². The summed E-state index contributed by atoms with van der Waals surface area (Å²) in [5.74, 6) is 1.68. The van der Waals surface area contributed by atoms with Gasteiger partial charge in [-0.3, -0.25) is 4.79 Å². The first-order valence-electron chi connectivity index (χ1n) is 6.23. The molecular formula is C14H17NO2.